The van der Waals surface area contributed by atoms with Crippen molar-refractivity contribution in [3.63, 3.8) is 0 Å². The lowest BCUT2D eigenvalue weighted by Gasteiger charge is -2.41. The number of rotatable bonds is 33. The number of allylic oxidation sites excluding steroid dienone is 10. The fourth-order valence-electron chi connectivity index (χ4n) is 5.94. The molecule has 0 aromatic rings. The summed E-state index contributed by atoms with van der Waals surface area (Å²) in [4.78, 5) is 35.5. The zero-order valence-electron chi connectivity index (χ0n) is 34.4. The minimum atomic E-state index is -5.14. The van der Waals surface area contributed by atoms with Gasteiger partial charge in [-0.1, -0.05) is 126 Å². The number of aliphatic hydroxyl groups is 5. The van der Waals surface area contributed by atoms with Gasteiger partial charge in [0.2, 0.25) is 0 Å². The molecule has 0 bridgehead atoms. The normalized spacial score (nSPS) is 23.3. The van der Waals surface area contributed by atoms with Crippen molar-refractivity contribution < 1.29 is 63.1 Å². The first-order valence-electron chi connectivity index (χ1n) is 21.1. The molecule has 1 aliphatic rings. The van der Waals surface area contributed by atoms with Crippen molar-refractivity contribution >= 4 is 19.8 Å². The van der Waals surface area contributed by atoms with Gasteiger partial charge in [-0.15, -0.1) is 0 Å². The molecule has 6 N–H and O–H groups in total. The molecule has 0 radical (unpaired) electrons. The van der Waals surface area contributed by atoms with Crippen molar-refractivity contribution in [2.45, 2.75) is 185 Å². The average Bonchev–Trinajstić information content (AvgIpc) is 3.19. The molecular formula is C43H73O13P. The lowest BCUT2D eigenvalue weighted by molar-refractivity contribution is -0.220. The molecule has 57 heavy (non-hydrogen) atoms. The minimum Gasteiger partial charge on any atom is -0.462 e. The highest BCUT2D eigenvalue weighted by Crippen LogP contribution is 2.47. The Labute approximate surface area is 341 Å². The van der Waals surface area contributed by atoms with Gasteiger partial charge in [0.25, 0.3) is 0 Å². The van der Waals surface area contributed by atoms with Crippen LogP contribution in [0.2, 0.25) is 0 Å². The second-order valence-electron chi connectivity index (χ2n) is 14.5. The smallest absolute Gasteiger partial charge is 0.462 e. The number of esters is 2. The van der Waals surface area contributed by atoms with Crippen molar-refractivity contribution in [2.24, 2.45) is 0 Å². The van der Waals surface area contributed by atoms with E-state index < -0.39 is 75.7 Å². The number of aliphatic hydroxyl groups excluding tert-OH is 5. The topological polar surface area (TPSA) is 210 Å². The van der Waals surface area contributed by atoms with Crippen LogP contribution in [0.5, 0.6) is 0 Å². The van der Waals surface area contributed by atoms with Crippen LogP contribution in [0.15, 0.2) is 60.8 Å². The number of hydrogen-bond acceptors (Lipinski definition) is 12. The molecule has 0 aromatic heterocycles. The van der Waals surface area contributed by atoms with Crippen LogP contribution in [-0.2, 0) is 32.7 Å². The Hall–Kier alpha value is -2.45. The first-order valence-corrected chi connectivity index (χ1v) is 22.6. The van der Waals surface area contributed by atoms with Crippen LogP contribution < -0.4 is 0 Å². The second kappa shape index (κ2) is 33.4. The highest BCUT2D eigenvalue weighted by molar-refractivity contribution is 7.47. The summed E-state index contributed by atoms with van der Waals surface area (Å²) in [6.45, 7) is 3.08. The van der Waals surface area contributed by atoms with Crippen molar-refractivity contribution in [3.8, 4) is 0 Å². The third-order valence-corrected chi connectivity index (χ3v) is 10.3. The van der Waals surface area contributed by atoms with Crippen LogP contribution in [0, 0.1) is 0 Å². The van der Waals surface area contributed by atoms with Gasteiger partial charge < -0.3 is 39.9 Å². The summed E-state index contributed by atoms with van der Waals surface area (Å²) >= 11 is 0. The maximum Gasteiger partial charge on any atom is 0.472 e. The van der Waals surface area contributed by atoms with Gasteiger partial charge in [0, 0.05) is 12.8 Å². The average molecular weight is 829 g/mol. The van der Waals surface area contributed by atoms with E-state index in [0.717, 1.165) is 57.8 Å². The molecule has 0 aromatic carbocycles. The van der Waals surface area contributed by atoms with E-state index in [1.165, 1.54) is 38.5 Å². The maximum atomic E-state index is 12.8. The Morgan fingerprint density at radius 3 is 1.60 bits per heavy atom. The first kappa shape index (κ1) is 52.6. The third kappa shape index (κ3) is 26.3. The summed E-state index contributed by atoms with van der Waals surface area (Å²) in [6.07, 6.45) is 25.9. The van der Waals surface area contributed by atoms with E-state index in [4.69, 9.17) is 18.5 Å². The van der Waals surface area contributed by atoms with Crippen LogP contribution in [0.1, 0.15) is 142 Å². The summed E-state index contributed by atoms with van der Waals surface area (Å²) < 4.78 is 33.3. The van der Waals surface area contributed by atoms with Crippen LogP contribution >= 0.6 is 7.82 Å². The summed E-state index contributed by atoms with van der Waals surface area (Å²) in [5.74, 6) is -1.21. The maximum absolute atomic E-state index is 12.8. The van der Waals surface area contributed by atoms with Crippen molar-refractivity contribution in [2.75, 3.05) is 13.2 Å². The number of phosphoric acid groups is 1. The fraction of sp³-hybridized carbons (Fsp3) is 0.721. The SMILES string of the molecule is CC/C=C\C/C=C\C/C=C\C/C=C\CCC(=O)OC(COC(=O)CCCCCCC/C=C\CCCCCCCC)COP(=O)(O)OC1C(O)C(O)C(O)C(O)C1O. The molecule has 6 atom stereocenters. The van der Waals surface area contributed by atoms with E-state index in [1.54, 1.807) is 0 Å². The van der Waals surface area contributed by atoms with E-state index >= 15 is 0 Å². The largest absolute Gasteiger partial charge is 0.472 e. The van der Waals surface area contributed by atoms with Gasteiger partial charge in [0.1, 0.15) is 43.2 Å². The van der Waals surface area contributed by atoms with E-state index in [2.05, 4.69) is 56.4 Å². The molecule has 6 unspecified atom stereocenters. The summed E-state index contributed by atoms with van der Waals surface area (Å²) in [6, 6.07) is 0. The Bertz CT molecular complexity index is 1230. The van der Waals surface area contributed by atoms with E-state index in [0.29, 0.717) is 19.3 Å². The van der Waals surface area contributed by atoms with E-state index in [1.807, 2.05) is 18.2 Å². The molecule has 1 aliphatic carbocycles. The van der Waals surface area contributed by atoms with Gasteiger partial charge in [-0.2, -0.15) is 0 Å². The standard InChI is InChI=1S/C43H73O13P/c1-3-5-7-9-11-13-15-17-18-20-21-23-25-27-29-31-36(44)53-33-35(34-54-57(51,52)56-43-41(49)39(47)38(46)40(48)42(43)50)55-37(45)32-30-28-26-24-22-19-16-14-12-10-8-6-4-2/h6,8,12,14,17-19,22,26,28,35,38-43,46-50H,3-5,7,9-11,13,15-16,20-21,23-25,27,29-34H2,1-2H3,(H,51,52)/b8-6-,14-12-,18-17-,22-19-,28-26-. The Kier molecular flexibility index (Phi) is 30.8. The van der Waals surface area contributed by atoms with Gasteiger partial charge in [-0.05, 0) is 64.2 Å². The third-order valence-electron chi connectivity index (χ3n) is 9.36. The highest BCUT2D eigenvalue weighted by Gasteiger charge is 2.51. The Balaban J connectivity index is 2.56. The van der Waals surface area contributed by atoms with Gasteiger partial charge in [-0.25, -0.2) is 4.57 Å². The number of carbonyl (C=O) groups excluding carboxylic acids is 2. The lowest BCUT2D eigenvalue weighted by atomic mass is 9.85. The molecule has 0 amide bonds. The molecule has 0 aliphatic heterocycles. The van der Waals surface area contributed by atoms with E-state index in [-0.39, 0.29) is 12.8 Å². The molecule has 1 rings (SSSR count). The zero-order chi connectivity index (χ0) is 42.2. The molecule has 0 spiro atoms. The summed E-state index contributed by atoms with van der Waals surface area (Å²) in [7, 11) is -5.14. The predicted octanol–water partition coefficient (Wildman–Crippen LogP) is 7.38. The van der Waals surface area contributed by atoms with Crippen LogP contribution in [-0.4, -0.2) is 98.3 Å². The first-order chi connectivity index (χ1) is 27.4. The van der Waals surface area contributed by atoms with Gasteiger partial charge in [0.05, 0.1) is 6.61 Å². The molecule has 0 heterocycles. The van der Waals surface area contributed by atoms with Crippen LogP contribution in [0.3, 0.4) is 0 Å². The molecule has 1 fully saturated rings. The number of phosphoric ester groups is 1. The zero-order valence-corrected chi connectivity index (χ0v) is 35.3. The van der Waals surface area contributed by atoms with Gasteiger partial charge >= 0.3 is 19.8 Å². The number of hydrogen-bond donors (Lipinski definition) is 6. The monoisotopic (exact) mass is 828 g/mol. The molecule has 1 saturated carbocycles. The molecule has 0 saturated heterocycles. The van der Waals surface area contributed by atoms with Gasteiger partial charge in [-0.3, -0.25) is 18.6 Å². The number of carbonyl (C=O) groups is 2. The Morgan fingerprint density at radius 2 is 1.04 bits per heavy atom. The van der Waals surface area contributed by atoms with Gasteiger partial charge in [0.15, 0.2) is 6.10 Å². The molecule has 328 valence electrons. The van der Waals surface area contributed by atoms with Crippen molar-refractivity contribution in [3.05, 3.63) is 60.8 Å². The molecule has 14 heteroatoms. The van der Waals surface area contributed by atoms with Crippen molar-refractivity contribution in [1.82, 2.24) is 0 Å². The van der Waals surface area contributed by atoms with Crippen molar-refractivity contribution in [1.29, 1.82) is 0 Å². The second-order valence-corrected chi connectivity index (χ2v) is 15.9. The quantitative estimate of drug-likeness (QED) is 0.0165. The highest BCUT2D eigenvalue weighted by atomic mass is 31.2. The van der Waals surface area contributed by atoms with E-state index in [9.17, 15) is 44.6 Å². The predicted molar refractivity (Wildman–Crippen MR) is 221 cm³/mol. The molecule has 13 nitrogen and oxygen atoms in total. The Morgan fingerprint density at radius 1 is 0.561 bits per heavy atom. The number of ether oxygens (including phenoxy) is 2. The summed E-state index contributed by atoms with van der Waals surface area (Å²) in [5, 5.41) is 50.0. The number of unbranched alkanes of at least 4 members (excludes halogenated alkanes) is 11. The van der Waals surface area contributed by atoms with Crippen LogP contribution in [0.25, 0.3) is 0 Å². The fourth-order valence-corrected chi connectivity index (χ4v) is 6.91. The molecular weight excluding hydrogens is 755 g/mol. The van der Waals surface area contributed by atoms with Crippen LogP contribution in [0.4, 0.5) is 0 Å². The minimum absolute atomic E-state index is 0.0283. The lowest BCUT2D eigenvalue weighted by Crippen LogP contribution is -2.64. The summed E-state index contributed by atoms with van der Waals surface area (Å²) in [5.41, 5.74) is 0.